The highest BCUT2D eigenvalue weighted by Crippen LogP contribution is 2.74. The van der Waals surface area contributed by atoms with E-state index in [9.17, 15) is 14.7 Å². The third kappa shape index (κ3) is 2.99. The minimum absolute atomic E-state index is 0.000202. The average Bonchev–Trinajstić information content (AvgIpc) is 3.15. The minimum Gasteiger partial charge on any atom is -0.462 e. The van der Waals surface area contributed by atoms with Gasteiger partial charge in [0.1, 0.15) is 11.9 Å². The molecule has 4 nitrogen and oxygen atoms in total. The van der Waals surface area contributed by atoms with Crippen LogP contribution in [0.15, 0.2) is 23.3 Å². The number of fused-ring (bicyclic) bond motifs is 7. The van der Waals surface area contributed by atoms with E-state index in [0.717, 1.165) is 38.5 Å². The summed E-state index contributed by atoms with van der Waals surface area (Å²) in [6, 6.07) is 0. The van der Waals surface area contributed by atoms with Crippen molar-refractivity contribution in [3.8, 4) is 0 Å². The van der Waals surface area contributed by atoms with Gasteiger partial charge in [0.15, 0.2) is 0 Å². The summed E-state index contributed by atoms with van der Waals surface area (Å²) in [6.45, 7) is 15.4. The van der Waals surface area contributed by atoms with Crippen LogP contribution in [0.25, 0.3) is 0 Å². The molecule has 5 rings (SSSR count). The van der Waals surface area contributed by atoms with Gasteiger partial charge in [-0.3, -0.25) is 9.59 Å². The number of carbonyl (C=O) groups is 2. The third-order valence-electron chi connectivity index (χ3n) is 11.6. The van der Waals surface area contributed by atoms with Gasteiger partial charge >= 0.3 is 5.97 Å². The van der Waals surface area contributed by atoms with Crippen molar-refractivity contribution >= 4 is 11.8 Å². The first-order valence-electron chi connectivity index (χ1n) is 13.5. The zero-order chi connectivity index (χ0) is 24.8. The number of allylic oxidation sites excluding steroid dienone is 3. The number of esters is 1. The summed E-state index contributed by atoms with van der Waals surface area (Å²) in [4.78, 5) is 25.8. The summed E-state index contributed by atoms with van der Waals surface area (Å²) in [6.07, 6.45) is 10.0. The lowest BCUT2D eigenvalue weighted by Gasteiger charge is -2.63. The van der Waals surface area contributed by atoms with E-state index in [1.807, 2.05) is 13.8 Å². The maximum atomic E-state index is 12.9. The second kappa shape index (κ2) is 7.54. The number of ether oxygens (including phenoxy) is 1. The van der Waals surface area contributed by atoms with Gasteiger partial charge in [0.05, 0.1) is 12.0 Å². The molecule has 1 N–H and O–H groups in total. The summed E-state index contributed by atoms with van der Waals surface area (Å²) < 4.78 is 6.07. The second-order valence-electron chi connectivity index (χ2n) is 13.8. The molecule has 0 aromatic heterocycles. The molecule has 0 bridgehead atoms. The number of ketones is 1. The van der Waals surface area contributed by atoms with Gasteiger partial charge < -0.3 is 9.84 Å². The van der Waals surface area contributed by atoms with E-state index in [-0.39, 0.29) is 46.1 Å². The quantitative estimate of drug-likeness (QED) is 0.406. The predicted octanol–water partition coefficient (Wildman–Crippen LogP) is 6.03. The first kappa shape index (κ1) is 24.3. The van der Waals surface area contributed by atoms with E-state index in [1.165, 1.54) is 11.1 Å². The maximum absolute atomic E-state index is 12.9. The van der Waals surface area contributed by atoms with Crippen LogP contribution >= 0.6 is 0 Å². The number of carbonyl (C=O) groups excluding carboxylic acids is 2. The van der Waals surface area contributed by atoms with Gasteiger partial charge in [0, 0.05) is 23.7 Å². The van der Waals surface area contributed by atoms with Crippen LogP contribution in [0.2, 0.25) is 0 Å². The predicted molar refractivity (Wildman–Crippen MR) is 133 cm³/mol. The highest BCUT2D eigenvalue weighted by atomic mass is 16.6. The van der Waals surface area contributed by atoms with Gasteiger partial charge in [-0.2, -0.15) is 0 Å². The molecule has 4 fully saturated rings. The Kier molecular flexibility index (Phi) is 5.39. The molecular formula is C30H44O4. The fourth-order valence-electron chi connectivity index (χ4n) is 9.80. The molecule has 1 saturated heterocycles. The van der Waals surface area contributed by atoms with Crippen LogP contribution in [0, 0.1) is 45.3 Å². The molecule has 0 radical (unpaired) electrons. The third-order valence-corrected chi connectivity index (χ3v) is 11.6. The maximum Gasteiger partial charge on any atom is 0.309 e. The van der Waals surface area contributed by atoms with E-state index in [1.54, 1.807) is 0 Å². The molecule has 0 aromatic carbocycles. The lowest BCUT2D eigenvalue weighted by molar-refractivity contribution is -0.157. The van der Waals surface area contributed by atoms with Crippen LogP contribution in [-0.2, 0) is 14.3 Å². The normalized spacial score (nSPS) is 48.8. The van der Waals surface area contributed by atoms with Crippen LogP contribution < -0.4 is 0 Å². The fourth-order valence-corrected chi connectivity index (χ4v) is 9.80. The molecule has 188 valence electrons. The lowest BCUT2D eigenvalue weighted by Crippen LogP contribution is -2.61. The largest absolute Gasteiger partial charge is 0.462 e. The molecule has 4 aliphatic carbocycles. The highest BCUT2D eigenvalue weighted by molar-refractivity contribution is 5.85. The Bertz CT molecular complexity index is 970. The first-order chi connectivity index (χ1) is 15.8. The van der Waals surface area contributed by atoms with Crippen molar-refractivity contribution in [1.82, 2.24) is 0 Å². The Morgan fingerprint density at radius 3 is 2.53 bits per heavy atom. The molecule has 9 atom stereocenters. The molecular weight excluding hydrogens is 424 g/mol. The number of aliphatic hydroxyl groups is 1. The zero-order valence-corrected chi connectivity index (χ0v) is 22.2. The zero-order valence-electron chi connectivity index (χ0n) is 22.2. The first-order valence-corrected chi connectivity index (χ1v) is 13.5. The summed E-state index contributed by atoms with van der Waals surface area (Å²) in [5.74, 6) is 0.833. The van der Waals surface area contributed by atoms with Gasteiger partial charge in [0.2, 0.25) is 0 Å². The van der Waals surface area contributed by atoms with Gasteiger partial charge in [-0.1, -0.05) is 57.9 Å². The van der Waals surface area contributed by atoms with E-state index in [4.69, 9.17) is 4.74 Å². The van der Waals surface area contributed by atoms with Crippen LogP contribution in [0.5, 0.6) is 0 Å². The average molecular weight is 469 g/mol. The van der Waals surface area contributed by atoms with Crippen molar-refractivity contribution in [3.63, 3.8) is 0 Å². The topological polar surface area (TPSA) is 63.6 Å². The van der Waals surface area contributed by atoms with Crippen molar-refractivity contribution in [2.45, 2.75) is 106 Å². The Hall–Kier alpha value is -1.42. The number of Topliss-reactive ketones (excluding diaryl/α,β-unsaturated/α-hetero) is 1. The number of aliphatic hydroxyl groups excluding tert-OH is 1. The van der Waals surface area contributed by atoms with Crippen molar-refractivity contribution in [2.75, 3.05) is 0 Å². The van der Waals surface area contributed by atoms with Crippen molar-refractivity contribution < 1.29 is 19.4 Å². The van der Waals surface area contributed by atoms with Gasteiger partial charge in [-0.05, 0) is 74.5 Å². The number of rotatable bonds is 3. The van der Waals surface area contributed by atoms with Crippen LogP contribution in [-0.4, -0.2) is 29.1 Å². The van der Waals surface area contributed by atoms with Gasteiger partial charge in [0.25, 0.3) is 0 Å². The Labute approximate surface area is 205 Å². The molecule has 5 aliphatic rings. The summed E-state index contributed by atoms with van der Waals surface area (Å²) in [5, 5.41) is 11.5. The van der Waals surface area contributed by atoms with Gasteiger partial charge in [-0.15, -0.1) is 0 Å². The van der Waals surface area contributed by atoms with E-state index < -0.39 is 11.5 Å². The van der Waals surface area contributed by atoms with Crippen LogP contribution in [0.3, 0.4) is 0 Å². The number of hydrogen-bond acceptors (Lipinski definition) is 4. The monoisotopic (exact) mass is 468 g/mol. The summed E-state index contributed by atoms with van der Waals surface area (Å²) in [7, 11) is 0. The Morgan fingerprint density at radius 1 is 1.15 bits per heavy atom. The smallest absolute Gasteiger partial charge is 0.309 e. The molecule has 0 spiro atoms. The standard InChI is InChI=1S/C30H44O4/c1-17(2)9-8-10-18-24-22(34-26(18)33)16-30(7)20-15-21(31)25-27(3,4)23(32)12-13-28(25,5)19(20)11-14-29(24,30)6/h9,15,18-19,21-22,24-25,31H,8,10-14,16H2,1-7H3. The molecule has 0 aromatic rings. The molecule has 34 heavy (non-hydrogen) atoms. The molecule has 3 saturated carbocycles. The SMILES string of the molecule is CC(C)=CCCC1C(=O)OC2CC3(C)C4=CC(O)C5C(C)(C)C(=O)CCC5(C)C4CCC3(C)C21. The van der Waals surface area contributed by atoms with Crippen molar-refractivity contribution in [2.24, 2.45) is 45.3 Å². The Morgan fingerprint density at radius 2 is 1.85 bits per heavy atom. The molecule has 9 unspecified atom stereocenters. The number of hydrogen-bond donors (Lipinski definition) is 1. The minimum atomic E-state index is -0.605. The van der Waals surface area contributed by atoms with E-state index in [0.29, 0.717) is 18.1 Å². The highest BCUT2D eigenvalue weighted by Gasteiger charge is 2.71. The van der Waals surface area contributed by atoms with E-state index >= 15 is 0 Å². The molecule has 0 amide bonds. The summed E-state index contributed by atoms with van der Waals surface area (Å²) >= 11 is 0. The second-order valence-corrected chi connectivity index (χ2v) is 13.8. The van der Waals surface area contributed by atoms with Crippen LogP contribution in [0.4, 0.5) is 0 Å². The van der Waals surface area contributed by atoms with Crippen molar-refractivity contribution in [3.05, 3.63) is 23.3 Å². The molecule has 1 aliphatic heterocycles. The molecule has 4 heteroatoms. The fraction of sp³-hybridized carbons (Fsp3) is 0.800. The van der Waals surface area contributed by atoms with Crippen LogP contribution in [0.1, 0.15) is 93.4 Å². The Balaban J connectivity index is 1.53. The summed E-state index contributed by atoms with van der Waals surface area (Å²) in [5.41, 5.74) is 1.98. The molecule has 1 heterocycles. The van der Waals surface area contributed by atoms with E-state index in [2.05, 4.69) is 46.8 Å². The van der Waals surface area contributed by atoms with Gasteiger partial charge in [-0.25, -0.2) is 0 Å². The van der Waals surface area contributed by atoms with Crippen molar-refractivity contribution in [1.29, 1.82) is 0 Å². The lowest BCUT2D eigenvalue weighted by atomic mass is 9.40.